The summed E-state index contributed by atoms with van der Waals surface area (Å²) in [5.74, 6) is 0. The van der Waals surface area contributed by atoms with E-state index in [9.17, 15) is 0 Å². The Labute approximate surface area is 137 Å². The number of rotatable bonds is 2. The van der Waals surface area contributed by atoms with E-state index in [0.717, 1.165) is 14.6 Å². The van der Waals surface area contributed by atoms with Crippen molar-refractivity contribution >= 4 is 37.5 Å². The topological polar surface area (TPSA) is 12.0 Å². The van der Waals surface area contributed by atoms with Gasteiger partial charge in [0.15, 0.2) is 0 Å². The molecule has 0 radical (unpaired) electrons. The van der Waals surface area contributed by atoms with Crippen molar-refractivity contribution in [3.8, 4) is 0 Å². The predicted octanol–water partition coefficient (Wildman–Crippen LogP) is 6.09. The molecule has 1 atom stereocenters. The van der Waals surface area contributed by atoms with Gasteiger partial charge >= 0.3 is 0 Å². The molecule has 20 heavy (non-hydrogen) atoms. The van der Waals surface area contributed by atoms with Gasteiger partial charge in [-0.15, -0.1) is 0 Å². The molecule has 1 nitrogen and oxygen atoms in total. The highest BCUT2D eigenvalue weighted by atomic mass is 79.9. The van der Waals surface area contributed by atoms with Crippen LogP contribution < -0.4 is 5.32 Å². The fourth-order valence-electron chi connectivity index (χ4n) is 2.87. The first-order chi connectivity index (χ1) is 9.74. The highest BCUT2D eigenvalue weighted by molar-refractivity contribution is 9.11. The predicted molar refractivity (Wildman–Crippen MR) is 92.2 cm³/mol. The van der Waals surface area contributed by atoms with Crippen LogP contribution in [0.15, 0.2) is 51.4 Å². The number of hydrogen-bond donors (Lipinski definition) is 1. The highest BCUT2D eigenvalue weighted by Crippen LogP contribution is 2.34. The average molecular weight is 395 g/mol. The molecule has 0 saturated carbocycles. The van der Waals surface area contributed by atoms with Gasteiger partial charge in [-0.1, -0.05) is 46.6 Å². The zero-order valence-corrected chi connectivity index (χ0v) is 14.4. The number of aryl methyl sites for hydroxylation is 1. The van der Waals surface area contributed by atoms with Gasteiger partial charge < -0.3 is 5.32 Å². The Bertz CT molecular complexity index is 610. The molecule has 0 spiro atoms. The van der Waals surface area contributed by atoms with Gasteiger partial charge in [-0.3, -0.25) is 0 Å². The second kappa shape index (κ2) is 6.31. The van der Waals surface area contributed by atoms with Crippen molar-refractivity contribution in [1.82, 2.24) is 0 Å². The van der Waals surface area contributed by atoms with Crippen molar-refractivity contribution in [2.24, 2.45) is 0 Å². The molecule has 1 aliphatic rings. The third-order valence-electron chi connectivity index (χ3n) is 3.88. The molecule has 0 aliphatic heterocycles. The minimum absolute atomic E-state index is 0.408. The van der Waals surface area contributed by atoms with Crippen LogP contribution in [0.2, 0.25) is 0 Å². The molecule has 0 fully saturated rings. The largest absolute Gasteiger partial charge is 0.377 e. The van der Waals surface area contributed by atoms with Crippen molar-refractivity contribution in [1.29, 1.82) is 0 Å². The SMILES string of the molecule is Brc1ccc(NC2CCCCc3ccccc32)c(Br)c1. The molecule has 2 aromatic rings. The molecule has 3 heteroatoms. The number of fused-ring (bicyclic) bond motifs is 1. The minimum atomic E-state index is 0.408. The Hall–Kier alpha value is -0.800. The number of nitrogens with one attached hydrogen (secondary N) is 1. The Morgan fingerprint density at radius 2 is 1.85 bits per heavy atom. The van der Waals surface area contributed by atoms with Crippen molar-refractivity contribution in [2.45, 2.75) is 31.7 Å². The van der Waals surface area contributed by atoms with Crippen molar-refractivity contribution < 1.29 is 0 Å². The lowest BCUT2D eigenvalue weighted by atomic mass is 9.99. The van der Waals surface area contributed by atoms with Gasteiger partial charge in [0.2, 0.25) is 0 Å². The fraction of sp³-hybridized carbons (Fsp3) is 0.294. The third kappa shape index (κ3) is 3.09. The van der Waals surface area contributed by atoms with E-state index < -0.39 is 0 Å². The van der Waals surface area contributed by atoms with Crippen LogP contribution in [0.4, 0.5) is 5.69 Å². The lowest BCUT2D eigenvalue weighted by molar-refractivity contribution is 0.644. The van der Waals surface area contributed by atoms with Crippen LogP contribution in [0.5, 0.6) is 0 Å². The average Bonchev–Trinajstić information content (AvgIpc) is 2.65. The van der Waals surface area contributed by atoms with Gasteiger partial charge in [-0.25, -0.2) is 0 Å². The minimum Gasteiger partial charge on any atom is -0.377 e. The van der Waals surface area contributed by atoms with Crippen LogP contribution in [-0.4, -0.2) is 0 Å². The Balaban J connectivity index is 1.90. The maximum Gasteiger partial charge on any atom is 0.0516 e. The van der Waals surface area contributed by atoms with Gasteiger partial charge in [0.1, 0.15) is 0 Å². The second-order valence-corrected chi connectivity index (χ2v) is 7.04. The number of hydrogen-bond acceptors (Lipinski definition) is 1. The highest BCUT2D eigenvalue weighted by Gasteiger charge is 2.18. The van der Waals surface area contributed by atoms with Crippen molar-refractivity contribution in [2.75, 3.05) is 5.32 Å². The lowest BCUT2D eigenvalue weighted by Crippen LogP contribution is -2.11. The maximum absolute atomic E-state index is 3.70. The molecule has 1 N–H and O–H groups in total. The Kier molecular flexibility index (Phi) is 4.47. The molecule has 2 aromatic carbocycles. The van der Waals surface area contributed by atoms with Crippen LogP contribution in [0.1, 0.15) is 36.4 Å². The Morgan fingerprint density at radius 3 is 2.70 bits per heavy atom. The maximum atomic E-state index is 3.70. The molecule has 104 valence electrons. The number of halogens is 2. The van der Waals surface area contributed by atoms with Gasteiger partial charge in [0.25, 0.3) is 0 Å². The summed E-state index contributed by atoms with van der Waals surface area (Å²) in [5.41, 5.74) is 4.12. The number of anilines is 1. The van der Waals surface area contributed by atoms with E-state index in [1.807, 2.05) is 0 Å². The van der Waals surface area contributed by atoms with E-state index in [4.69, 9.17) is 0 Å². The van der Waals surface area contributed by atoms with Crippen LogP contribution in [0.3, 0.4) is 0 Å². The van der Waals surface area contributed by atoms with Gasteiger partial charge in [-0.05, 0) is 64.5 Å². The quantitative estimate of drug-likeness (QED) is 0.607. The monoisotopic (exact) mass is 393 g/mol. The molecule has 0 saturated heterocycles. The summed E-state index contributed by atoms with van der Waals surface area (Å²) in [6.45, 7) is 0. The molecule has 0 aromatic heterocycles. The van der Waals surface area contributed by atoms with Crippen LogP contribution in [0, 0.1) is 0 Å². The van der Waals surface area contributed by atoms with E-state index in [2.05, 4.69) is 79.6 Å². The van der Waals surface area contributed by atoms with Crippen molar-refractivity contribution in [3.63, 3.8) is 0 Å². The lowest BCUT2D eigenvalue weighted by Gasteiger charge is -2.21. The summed E-state index contributed by atoms with van der Waals surface area (Å²) in [7, 11) is 0. The molecular formula is C17H17Br2N. The molecule has 0 bridgehead atoms. The summed E-state index contributed by atoms with van der Waals surface area (Å²) in [6.07, 6.45) is 4.96. The standard InChI is InChI=1S/C17H17Br2N/c18-13-9-10-17(15(19)11-13)20-16-8-4-2-6-12-5-1-3-7-14(12)16/h1,3,5,7,9-11,16,20H,2,4,6,8H2. The van der Waals surface area contributed by atoms with Crippen LogP contribution in [-0.2, 0) is 6.42 Å². The van der Waals surface area contributed by atoms with E-state index >= 15 is 0 Å². The molecule has 1 aliphatic carbocycles. The molecule has 0 amide bonds. The van der Waals surface area contributed by atoms with E-state index in [0.29, 0.717) is 6.04 Å². The van der Waals surface area contributed by atoms with Gasteiger partial charge in [-0.2, -0.15) is 0 Å². The molecule has 0 heterocycles. The van der Waals surface area contributed by atoms with Crippen molar-refractivity contribution in [3.05, 3.63) is 62.5 Å². The fourth-order valence-corrected chi connectivity index (χ4v) is 4.03. The third-order valence-corrected chi connectivity index (χ3v) is 5.03. The smallest absolute Gasteiger partial charge is 0.0516 e. The molecule has 3 rings (SSSR count). The van der Waals surface area contributed by atoms with E-state index in [-0.39, 0.29) is 0 Å². The van der Waals surface area contributed by atoms with Crippen LogP contribution in [0.25, 0.3) is 0 Å². The molecule has 1 unspecified atom stereocenters. The van der Waals surface area contributed by atoms with Gasteiger partial charge in [0.05, 0.1) is 6.04 Å². The van der Waals surface area contributed by atoms with E-state index in [1.54, 1.807) is 0 Å². The number of benzene rings is 2. The Morgan fingerprint density at radius 1 is 1.00 bits per heavy atom. The first kappa shape index (κ1) is 14.2. The van der Waals surface area contributed by atoms with Crippen LogP contribution >= 0.6 is 31.9 Å². The summed E-state index contributed by atoms with van der Waals surface area (Å²) in [5, 5.41) is 3.70. The summed E-state index contributed by atoms with van der Waals surface area (Å²) in [6, 6.07) is 15.5. The molecular weight excluding hydrogens is 378 g/mol. The summed E-state index contributed by atoms with van der Waals surface area (Å²) < 4.78 is 2.20. The van der Waals surface area contributed by atoms with E-state index in [1.165, 1.54) is 36.8 Å². The first-order valence-electron chi connectivity index (χ1n) is 7.03. The normalized spacial score (nSPS) is 18.2. The summed E-state index contributed by atoms with van der Waals surface area (Å²) in [4.78, 5) is 0. The first-order valence-corrected chi connectivity index (χ1v) is 8.62. The zero-order chi connectivity index (χ0) is 13.9. The summed E-state index contributed by atoms with van der Waals surface area (Å²) >= 11 is 7.14. The zero-order valence-electron chi connectivity index (χ0n) is 11.2. The van der Waals surface area contributed by atoms with Gasteiger partial charge in [0, 0.05) is 14.6 Å². The second-order valence-electron chi connectivity index (χ2n) is 5.27.